The standard InChI is InChI=1S/C25H32N10O4/c1-17-28-21(20-7-8-27-39-20)22-23(34(17)26)29-24-33(25(36)30-35(22)24)14-11-31-9-12-32(13-10-31)18-3-5-19(6-4-18)38-16-15-37-2/h3-8,17H,9-16,26H2,1-2H3,(H,30,36). The number of hydrogen-bond donors (Lipinski definition) is 2. The molecule has 4 aromatic rings. The van der Waals surface area contributed by atoms with E-state index in [1.165, 1.54) is 10.7 Å². The molecule has 206 valence electrons. The van der Waals surface area contributed by atoms with Crippen LogP contribution in [-0.2, 0) is 11.3 Å². The number of nitrogens with zero attached hydrogens (tertiary/aromatic N) is 8. The summed E-state index contributed by atoms with van der Waals surface area (Å²) in [5, 5.41) is 8.18. The fourth-order valence-corrected chi connectivity index (χ4v) is 5.00. The van der Waals surface area contributed by atoms with Crippen molar-refractivity contribution in [1.82, 2.24) is 29.2 Å². The Morgan fingerprint density at radius 3 is 2.62 bits per heavy atom. The Kier molecular flexibility index (Phi) is 6.81. The smallest absolute Gasteiger partial charge is 0.343 e. The highest BCUT2D eigenvalue weighted by molar-refractivity contribution is 6.14. The normalized spacial score (nSPS) is 18.0. The number of methoxy groups -OCH3 is 1. The maximum absolute atomic E-state index is 12.9. The summed E-state index contributed by atoms with van der Waals surface area (Å²) in [5.41, 5.74) is 2.04. The fraction of sp³-hybridized carbons (Fsp3) is 0.440. The van der Waals surface area contributed by atoms with E-state index in [1.807, 2.05) is 19.1 Å². The molecule has 0 spiro atoms. The van der Waals surface area contributed by atoms with E-state index < -0.39 is 0 Å². The molecule has 0 amide bonds. The first kappa shape index (κ1) is 25.2. The van der Waals surface area contributed by atoms with Crippen LogP contribution in [0, 0.1) is 0 Å². The lowest BCUT2D eigenvalue weighted by atomic mass is 10.1. The molecule has 1 fully saturated rings. The van der Waals surface area contributed by atoms with Crippen molar-refractivity contribution in [3.8, 4) is 5.75 Å². The lowest BCUT2D eigenvalue weighted by molar-refractivity contribution is 0.146. The number of nitrogens with one attached hydrogen (secondary N) is 1. The number of anilines is 2. The SMILES string of the molecule is COCCOc1ccc(N2CCN(CCn3c(=O)[nH]n4c5c(nc34)N(N)C(C)N=C5c3ccno3)CC2)cc1. The quantitative estimate of drug-likeness (QED) is 0.229. The van der Waals surface area contributed by atoms with Crippen LogP contribution in [0.3, 0.4) is 0 Å². The van der Waals surface area contributed by atoms with Gasteiger partial charge in [0, 0.05) is 58.1 Å². The van der Waals surface area contributed by atoms with E-state index in [2.05, 4.69) is 37.2 Å². The van der Waals surface area contributed by atoms with E-state index in [9.17, 15) is 4.79 Å². The van der Waals surface area contributed by atoms with Gasteiger partial charge in [0.2, 0.25) is 5.78 Å². The maximum Gasteiger partial charge on any atom is 0.343 e. The van der Waals surface area contributed by atoms with Crippen LogP contribution in [0.15, 0.2) is 50.8 Å². The van der Waals surface area contributed by atoms with Crippen LogP contribution in [-0.4, -0.2) is 94.1 Å². The molecular weight excluding hydrogens is 504 g/mol. The van der Waals surface area contributed by atoms with Gasteiger partial charge in [-0.25, -0.2) is 20.3 Å². The molecule has 14 nitrogen and oxygen atoms in total. The van der Waals surface area contributed by atoms with Crippen molar-refractivity contribution in [2.45, 2.75) is 19.6 Å². The molecule has 2 aliphatic rings. The van der Waals surface area contributed by atoms with Crippen LogP contribution < -0.4 is 26.2 Å². The van der Waals surface area contributed by atoms with Crippen LogP contribution in [0.1, 0.15) is 18.4 Å². The highest BCUT2D eigenvalue weighted by atomic mass is 16.5. The molecule has 0 saturated carbocycles. The summed E-state index contributed by atoms with van der Waals surface area (Å²) in [4.78, 5) is 27.0. The van der Waals surface area contributed by atoms with Crippen molar-refractivity contribution in [3.63, 3.8) is 0 Å². The number of hydrazine groups is 1. The lowest BCUT2D eigenvalue weighted by Gasteiger charge is -2.36. The van der Waals surface area contributed by atoms with Crippen LogP contribution in [0.2, 0.25) is 0 Å². The van der Waals surface area contributed by atoms with Crippen molar-refractivity contribution >= 4 is 23.0 Å². The van der Waals surface area contributed by atoms with Gasteiger partial charge < -0.3 is 18.9 Å². The van der Waals surface area contributed by atoms with Gasteiger partial charge in [0.25, 0.3) is 0 Å². The number of benzene rings is 1. The predicted molar refractivity (Wildman–Crippen MR) is 145 cm³/mol. The summed E-state index contributed by atoms with van der Waals surface area (Å²) in [6.07, 6.45) is 1.20. The zero-order valence-corrected chi connectivity index (χ0v) is 22.0. The number of aromatic amines is 1. The van der Waals surface area contributed by atoms with Crippen molar-refractivity contribution in [2.24, 2.45) is 10.8 Å². The van der Waals surface area contributed by atoms with Gasteiger partial charge in [-0.05, 0) is 31.2 Å². The molecule has 1 saturated heterocycles. The first-order valence-electron chi connectivity index (χ1n) is 13.0. The third-order valence-electron chi connectivity index (χ3n) is 7.16. The van der Waals surface area contributed by atoms with Crippen LogP contribution in [0.4, 0.5) is 11.5 Å². The molecule has 5 heterocycles. The van der Waals surface area contributed by atoms with Gasteiger partial charge in [-0.2, -0.15) is 4.98 Å². The molecule has 39 heavy (non-hydrogen) atoms. The molecule has 6 rings (SSSR count). The number of aliphatic imine (C=N–C) groups is 1. The Labute approximate surface area is 224 Å². The number of aromatic nitrogens is 5. The van der Waals surface area contributed by atoms with E-state index in [1.54, 1.807) is 28.5 Å². The Morgan fingerprint density at radius 2 is 1.90 bits per heavy atom. The van der Waals surface area contributed by atoms with Gasteiger partial charge in [0.05, 0.1) is 12.8 Å². The molecule has 0 radical (unpaired) electrons. The number of H-pyrrole nitrogens is 1. The summed E-state index contributed by atoms with van der Waals surface area (Å²) in [5.74, 6) is 8.60. The van der Waals surface area contributed by atoms with Crippen molar-refractivity contribution in [3.05, 3.63) is 58.5 Å². The average Bonchev–Trinajstić information content (AvgIpc) is 3.68. The zero-order valence-electron chi connectivity index (χ0n) is 22.0. The first-order valence-corrected chi connectivity index (χ1v) is 13.0. The molecule has 1 unspecified atom stereocenters. The second kappa shape index (κ2) is 10.6. The monoisotopic (exact) mass is 536 g/mol. The molecular formula is C25H32N10O4. The third kappa shape index (κ3) is 4.77. The van der Waals surface area contributed by atoms with E-state index in [4.69, 9.17) is 24.8 Å². The molecule has 0 bridgehead atoms. The predicted octanol–water partition coefficient (Wildman–Crippen LogP) is 0.537. The van der Waals surface area contributed by atoms with Gasteiger partial charge in [0.1, 0.15) is 29.9 Å². The summed E-state index contributed by atoms with van der Waals surface area (Å²) in [6, 6.07) is 9.89. The number of imidazole rings is 1. The van der Waals surface area contributed by atoms with Crippen molar-refractivity contribution in [1.29, 1.82) is 0 Å². The van der Waals surface area contributed by atoms with Crippen molar-refractivity contribution < 1.29 is 14.0 Å². The van der Waals surface area contributed by atoms with Crippen molar-refractivity contribution in [2.75, 3.05) is 63.0 Å². The van der Waals surface area contributed by atoms with E-state index in [-0.39, 0.29) is 11.9 Å². The van der Waals surface area contributed by atoms with Crippen LogP contribution in [0.5, 0.6) is 5.75 Å². The summed E-state index contributed by atoms with van der Waals surface area (Å²) >= 11 is 0. The number of fused-ring (bicyclic) bond motifs is 3. The minimum Gasteiger partial charge on any atom is -0.491 e. The van der Waals surface area contributed by atoms with Crippen LogP contribution in [0.25, 0.3) is 5.78 Å². The maximum atomic E-state index is 12.9. The number of hydrogen-bond acceptors (Lipinski definition) is 11. The number of nitrogens with two attached hydrogens (primary N) is 1. The average molecular weight is 537 g/mol. The number of rotatable bonds is 9. The van der Waals surface area contributed by atoms with E-state index >= 15 is 0 Å². The third-order valence-corrected chi connectivity index (χ3v) is 7.16. The number of piperazine rings is 1. The second-order valence-corrected chi connectivity index (χ2v) is 9.55. The Hall–Kier alpha value is -4.14. The Bertz CT molecular complexity index is 1500. The lowest BCUT2D eigenvalue weighted by Crippen LogP contribution is -2.47. The summed E-state index contributed by atoms with van der Waals surface area (Å²) in [6.45, 7) is 7.76. The molecule has 1 atom stereocenters. The van der Waals surface area contributed by atoms with Gasteiger partial charge in [-0.3, -0.25) is 19.5 Å². The molecule has 3 aromatic heterocycles. The van der Waals surface area contributed by atoms with E-state index in [0.717, 1.165) is 38.5 Å². The molecule has 2 aliphatic heterocycles. The first-order chi connectivity index (χ1) is 19.0. The number of ether oxygens (including phenoxy) is 2. The highest BCUT2D eigenvalue weighted by Gasteiger charge is 2.33. The Morgan fingerprint density at radius 1 is 1.10 bits per heavy atom. The molecule has 14 heteroatoms. The summed E-state index contributed by atoms with van der Waals surface area (Å²) in [7, 11) is 1.66. The minimum atomic E-state index is -0.354. The molecule has 1 aromatic carbocycles. The molecule has 3 N–H and O–H groups in total. The fourth-order valence-electron chi connectivity index (χ4n) is 5.00. The minimum absolute atomic E-state index is 0.245. The second-order valence-electron chi connectivity index (χ2n) is 9.55. The van der Waals surface area contributed by atoms with Gasteiger partial charge in [0.15, 0.2) is 11.6 Å². The van der Waals surface area contributed by atoms with Gasteiger partial charge in [-0.15, -0.1) is 0 Å². The van der Waals surface area contributed by atoms with E-state index in [0.29, 0.717) is 48.5 Å². The zero-order chi connectivity index (χ0) is 26.9. The van der Waals surface area contributed by atoms with Gasteiger partial charge in [-0.1, -0.05) is 5.16 Å². The topological polar surface area (TPSA) is 148 Å². The largest absolute Gasteiger partial charge is 0.491 e. The van der Waals surface area contributed by atoms with Crippen LogP contribution >= 0.6 is 0 Å². The van der Waals surface area contributed by atoms with Gasteiger partial charge >= 0.3 is 5.69 Å². The highest BCUT2D eigenvalue weighted by Crippen LogP contribution is 2.28. The molecule has 0 aliphatic carbocycles. The summed E-state index contributed by atoms with van der Waals surface area (Å²) < 4.78 is 19.3. The Balaban J connectivity index is 1.12.